The Labute approximate surface area is 155 Å². The molecule has 10 heteroatoms. The molecule has 1 aliphatic heterocycles. The van der Waals surface area contributed by atoms with Gasteiger partial charge in [-0.15, -0.1) is 5.10 Å². The molecule has 1 fully saturated rings. The molecule has 1 saturated heterocycles. The Morgan fingerprint density at radius 2 is 2.33 bits per heavy atom. The number of hydrogen-bond acceptors (Lipinski definition) is 8. The normalized spacial score (nSPS) is 17.7. The highest BCUT2D eigenvalue weighted by atomic mass is 16.5. The molecular formula is C17H20N8O2. The maximum Gasteiger partial charge on any atom is 0.240 e. The van der Waals surface area contributed by atoms with Crippen LogP contribution >= 0.6 is 0 Å². The van der Waals surface area contributed by atoms with Crippen LogP contribution in [0.1, 0.15) is 24.6 Å². The van der Waals surface area contributed by atoms with Crippen LogP contribution in [0.25, 0.3) is 5.69 Å². The van der Waals surface area contributed by atoms with E-state index in [0.717, 1.165) is 30.8 Å². The van der Waals surface area contributed by atoms with E-state index in [1.165, 1.54) is 6.33 Å². The predicted octanol–water partition coefficient (Wildman–Crippen LogP) is 1.20. The molecule has 0 spiro atoms. The van der Waals surface area contributed by atoms with Crippen molar-refractivity contribution >= 4 is 11.6 Å². The van der Waals surface area contributed by atoms with Gasteiger partial charge in [0.05, 0.1) is 18.2 Å². The van der Waals surface area contributed by atoms with E-state index in [1.54, 1.807) is 11.6 Å². The van der Waals surface area contributed by atoms with Crippen molar-refractivity contribution in [2.24, 2.45) is 5.92 Å². The molecule has 3 aromatic rings. The highest BCUT2D eigenvalue weighted by molar-refractivity contribution is 5.93. The first-order valence-electron chi connectivity index (χ1n) is 8.83. The van der Waals surface area contributed by atoms with Crippen LogP contribution in [0.5, 0.6) is 0 Å². The molecule has 3 heterocycles. The summed E-state index contributed by atoms with van der Waals surface area (Å²) >= 11 is 0. The fourth-order valence-electron chi connectivity index (χ4n) is 3.26. The fraction of sp³-hybridized carbons (Fsp3) is 0.412. The lowest BCUT2D eigenvalue weighted by Gasteiger charge is -2.30. The van der Waals surface area contributed by atoms with E-state index >= 15 is 0 Å². The molecule has 0 aliphatic carbocycles. The molecular weight excluding hydrogens is 348 g/mol. The average molecular weight is 368 g/mol. The molecule has 0 radical (unpaired) electrons. The Kier molecular flexibility index (Phi) is 4.88. The summed E-state index contributed by atoms with van der Waals surface area (Å²) in [5.41, 5.74) is 1.51. The molecule has 0 bridgehead atoms. The number of likely N-dealkylation sites (tertiary alicyclic amines) is 1. The van der Waals surface area contributed by atoms with E-state index in [9.17, 15) is 4.79 Å². The first kappa shape index (κ1) is 17.3. The standard InChI is InChI=1S/C17H20N8O2/c1-12-19-16(27-21-12)10-24-7-3-4-13(9-24)17(26)20-14-5-2-6-15(8-14)25-11-18-22-23-25/h2,5-6,8,11,13H,3-4,7,9-10H2,1H3,(H,20,26)/t13-/m1/s1. The van der Waals surface area contributed by atoms with Gasteiger partial charge in [-0.05, 0) is 54.9 Å². The van der Waals surface area contributed by atoms with E-state index < -0.39 is 0 Å². The highest BCUT2D eigenvalue weighted by Crippen LogP contribution is 2.21. The Balaban J connectivity index is 1.38. The van der Waals surface area contributed by atoms with E-state index in [0.29, 0.717) is 24.8 Å². The molecule has 1 N–H and O–H groups in total. The number of nitrogens with one attached hydrogen (secondary N) is 1. The van der Waals surface area contributed by atoms with Gasteiger partial charge in [0.1, 0.15) is 6.33 Å². The number of tetrazole rings is 1. The van der Waals surface area contributed by atoms with Gasteiger partial charge in [0, 0.05) is 12.2 Å². The molecule has 27 heavy (non-hydrogen) atoms. The number of rotatable bonds is 5. The summed E-state index contributed by atoms with van der Waals surface area (Å²) in [7, 11) is 0. The summed E-state index contributed by atoms with van der Waals surface area (Å²) in [5, 5.41) is 17.9. The van der Waals surface area contributed by atoms with E-state index in [-0.39, 0.29) is 11.8 Å². The Morgan fingerprint density at radius 1 is 1.41 bits per heavy atom. The summed E-state index contributed by atoms with van der Waals surface area (Å²) in [5.74, 6) is 1.14. The fourth-order valence-corrected chi connectivity index (χ4v) is 3.26. The van der Waals surface area contributed by atoms with Crippen LogP contribution in [-0.4, -0.2) is 54.2 Å². The summed E-state index contributed by atoms with van der Waals surface area (Å²) in [6.45, 7) is 3.95. The lowest BCUT2D eigenvalue weighted by atomic mass is 9.97. The van der Waals surface area contributed by atoms with Crippen LogP contribution in [-0.2, 0) is 11.3 Å². The lowest BCUT2D eigenvalue weighted by Crippen LogP contribution is -2.40. The Bertz CT molecular complexity index is 907. The van der Waals surface area contributed by atoms with Crippen molar-refractivity contribution in [1.29, 1.82) is 0 Å². The number of aryl methyl sites for hydroxylation is 1. The Morgan fingerprint density at radius 3 is 3.11 bits per heavy atom. The number of carbonyl (C=O) groups is 1. The molecule has 2 aromatic heterocycles. The second-order valence-corrected chi connectivity index (χ2v) is 6.60. The van der Waals surface area contributed by atoms with Gasteiger partial charge in [0.25, 0.3) is 0 Å². The number of anilines is 1. The second kappa shape index (κ2) is 7.62. The van der Waals surface area contributed by atoms with Crippen LogP contribution < -0.4 is 5.32 Å². The third-order valence-electron chi connectivity index (χ3n) is 4.53. The number of carbonyl (C=O) groups excluding carboxylic acids is 1. The van der Waals surface area contributed by atoms with Crippen LogP contribution in [0, 0.1) is 12.8 Å². The van der Waals surface area contributed by atoms with Gasteiger partial charge in [-0.2, -0.15) is 4.98 Å². The molecule has 0 saturated carbocycles. The highest BCUT2D eigenvalue weighted by Gasteiger charge is 2.27. The van der Waals surface area contributed by atoms with Crippen molar-refractivity contribution in [3.8, 4) is 5.69 Å². The first-order valence-corrected chi connectivity index (χ1v) is 8.83. The average Bonchev–Trinajstić information content (AvgIpc) is 3.34. The number of nitrogens with zero attached hydrogens (tertiary/aromatic N) is 7. The minimum atomic E-state index is -0.0838. The molecule has 10 nitrogen and oxygen atoms in total. The molecule has 1 aromatic carbocycles. The second-order valence-electron chi connectivity index (χ2n) is 6.60. The number of benzene rings is 1. The zero-order chi connectivity index (χ0) is 18.6. The van der Waals surface area contributed by atoms with Crippen LogP contribution in [0.4, 0.5) is 5.69 Å². The molecule has 1 amide bonds. The third-order valence-corrected chi connectivity index (χ3v) is 4.53. The third kappa shape index (κ3) is 4.17. The van der Waals surface area contributed by atoms with Crippen molar-refractivity contribution in [2.45, 2.75) is 26.3 Å². The van der Waals surface area contributed by atoms with Gasteiger partial charge in [0.2, 0.25) is 11.8 Å². The van der Waals surface area contributed by atoms with Crippen LogP contribution in [0.15, 0.2) is 35.1 Å². The summed E-state index contributed by atoms with van der Waals surface area (Å²) < 4.78 is 6.73. The SMILES string of the molecule is Cc1noc(CN2CCC[C@@H](C(=O)Nc3cccc(-n4cnnn4)c3)C2)n1. The molecule has 0 unspecified atom stereocenters. The van der Waals surface area contributed by atoms with Crippen molar-refractivity contribution in [2.75, 3.05) is 18.4 Å². The van der Waals surface area contributed by atoms with Crippen molar-refractivity contribution in [3.63, 3.8) is 0 Å². The van der Waals surface area contributed by atoms with Gasteiger partial charge in [0.15, 0.2) is 5.82 Å². The summed E-state index contributed by atoms with van der Waals surface area (Å²) in [6.07, 6.45) is 3.33. The van der Waals surface area contributed by atoms with Crippen molar-refractivity contribution in [3.05, 3.63) is 42.3 Å². The maximum atomic E-state index is 12.7. The number of hydrogen-bond donors (Lipinski definition) is 1. The molecule has 1 atom stereocenters. The van der Waals surface area contributed by atoms with Gasteiger partial charge in [-0.3, -0.25) is 9.69 Å². The maximum absolute atomic E-state index is 12.7. The predicted molar refractivity (Wildman–Crippen MR) is 94.8 cm³/mol. The smallest absolute Gasteiger partial charge is 0.240 e. The quantitative estimate of drug-likeness (QED) is 0.714. The van der Waals surface area contributed by atoms with Crippen molar-refractivity contribution in [1.82, 2.24) is 35.2 Å². The van der Waals surface area contributed by atoms with Gasteiger partial charge < -0.3 is 9.84 Å². The monoisotopic (exact) mass is 368 g/mol. The van der Waals surface area contributed by atoms with Crippen LogP contribution in [0.3, 0.4) is 0 Å². The van der Waals surface area contributed by atoms with Crippen molar-refractivity contribution < 1.29 is 9.32 Å². The number of amides is 1. The lowest BCUT2D eigenvalue weighted by molar-refractivity contribution is -0.121. The summed E-state index contributed by atoms with van der Waals surface area (Å²) in [6, 6.07) is 7.43. The number of piperidine rings is 1. The molecule has 4 rings (SSSR count). The minimum absolute atomic E-state index is 0.00951. The topological polar surface area (TPSA) is 115 Å². The zero-order valence-corrected chi connectivity index (χ0v) is 14.9. The molecule has 1 aliphatic rings. The van der Waals surface area contributed by atoms with Crippen LogP contribution in [0.2, 0.25) is 0 Å². The van der Waals surface area contributed by atoms with Gasteiger partial charge in [-0.25, -0.2) is 4.68 Å². The Hall–Kier alpha value is -3.14. The number of aromatic nitrogens is 6. The first-order chi connectivity index (χ1) is 13.2. The van der Waals surface area contributed by atoms with E-state index in [1.807, 2.05) is 24.3 Å². The van der Waals surface area contributed by atoms with Gasteiger partial charge in [-0.1, -0.05) is 11.2 Å². The summed E-state index contributed by atoms with van der Waals surface area (Å²) in [4.78, 5) is 19.1. The zero-order valence-electron chi connectivity index (χ0n) is 14.9. The van der Waals surface area contributed by atoms with E-state index in [2.05, 4.69) is 35.9 Å². The van der Waals surface area contributed by atoms with E-state index in [4.69, 9.17) is 4.52 Å². The van der Waals surface area contributed by atoms with Gasteiger partial charge >= 0.3 is 0 Å². The minimum Gasteiger partial charge on any atom is -0.338 e. The molecule has 140 valence electrons. The largest absolute Gasteiger partial charge is 0.338 e.